The Morgan fingerprint density at radius 1 is 1.45 bits per heavy atom. The highest BCUT2D eigenvalue weighted by molar-refractivity contribution is 6.00. The summed E-state index contributed by atoms with van der Waals surface area (Å²) < 4.78 is 0. The molecule has 0 atom stereocenters. The molecular weight excluding hydrogens is 260 g/mol. The number of carbonyl (C=O) groups is 1. The van der Waals surface area contributed by atoms with Crippen LogP contribution in [-0.4, -0.2) is 41.9 Å². The Hall–Kier alpha value is -2.15. The lowest BCUT2D eigenvalue weighted by atomic mass is 10.0. The van der Waals surface area contributed by atoms with Gasteiger partial charge in [-0.15, -0.1) is 0 Å². The zero-order valence-electron chi connectivity index (χ0n) is 12.1. The molecule has 1 aromatic carbocycles. The third-order valence-electron chi connectivity index (χ3n) is 3.39. The molecule has 0 unspecified atom stereocenters. The molecule has 0 aromatic heterocycles. The molecule has 0 radical (unpaired) electrons. The molecule has 0 saturated heterocycles. The third-order valence-corrected chi connectivity index (χ3v) is 3.39. The number of amides is 1. The summed E-state index contributed by atoms with van der Waals surface area (Å²) in [5.74, 6) is -0.501. The highest BCUT2D eigenvalue weighted by atomic mass is 16.6. The smallest absolute Gasteiger partial charge is 0.304 e. The van der Waals surface area contributed by atoms with E-state index in [1.807, 2.05) is 32.8 Å². The number of nitrogens with two attached hydrogens (primary N) is 1. The summed E-state index contributed by atoms with van der Waals surface area (Å²) in [6, 6.07) is 4.32. The van der Waals surface area contributed by atoms with Gasteiger partial charge in [0, 0.05) is 12.1 Å². The summed E-state index contributed by atoms with van der Waals surface area (Å²) >= 11 is 0. The molecule has 0 bridgehead atoms. The van der Waals surface area contributed by atoms with E-state index in [1.165, 1.54) is 18.2 Å². The molecule has 7 heteroatoms. The van der Waals surface area contributed by atoms with Crippen molar-refractivity contribution in [3.05, 3.63) is 33.9 Å². The lowest BCUT2D eigenvalue weighted by Gasteiger charge is -2.32. The van der Waals surface area contributed by atoms with E-state index in [2.05, 4.69) is 5.32 Å². The van der Waals surface area contributed by atoms with E-state index in [0.717, 1.165) is 0 Å². The van der Waals surface area contributed by atoms with Gasteiger partial charge in [0.15, 0.2) is 0 Å². The molecule has 3 N–H and O–H groups in total. The first-order chi connectivity index (χ1) is 9.16. The van der Waals surface area contributed by atoms with Crippen molar-refractivity contribution in [2.45, 2.75) is 19.4 Å². The van der Waals surface area contributed by atoms with Crippen molar-refractivity contribution in [3.63, 3.8) is 0 Å². The second-order valence-corrected chi connectivity index (χ2v) is 5.39. The molecule has 0 aliphatic carbocycles. The number of para-hydroxylation sites is 1. The average Bonchev–Trinajstić information content (AvgIpc) is 2.35. The zero-order valence-corrected chi connectivity index (χ0v) is 12.1. The second kappa shape index (κ2) is 5.87. The standard InChI is InChI=1S/C13H20N4O3/c1-13(2,16(3)4)8-15-12(18)9-6-5-7-10(14)11(9)17(19)20/h5-7H,8,14H2,1-4H3,(H,15,18). The lowest BCUT2D eigenvalue weighted by Crippen LogP contribution is -2.48. The minimum absolute atomic E-state index is 0.0190. The number of hydrogen-bond acceptors (Lipinski definition) is 5. The minimum Gasteiger partial charge on any atom is -0.393 e. The number of rotatable bonds is 5. The van der Waals surface area contributed by atoms with Gasteiger partial charge in [0.1, 0.15) is 11.3 Å². The lowest BCUT2D eigenvalue weighted by molar-refractivity contribution is -0.384. The van der Waals surface area contributed by atoms with E-state index in [0.29, 0.717) is 6.54 Å². The van der Waals surface area contributed by atoms with Gasteiger partial charge in [-0.05, 0) is 40.1 Å². The van der Waals surface area contributed by atoms with Crippen LogP contribution >= 0.6 is 0 Å². The molecule has 1 amide bonds. The summed E-state index contributed by atoms with van der Waals surface area (Å²) in [6.45, 7) is 4.28. The highest BCUT2D eigenvalue weighted by Crippen LogP contribution is 2.25. The van der Waals surface area contributed by atoms with E-state index >= 15 is 0 Å². The Balaban J connectivity index is 2.95. The fraction of sp³-hybridized carbons (Fsp3) is 0.462. The van der Waals surface area contributed by atoms with Gasteiger partial charge in [0.25, 0.3) is 5.91 Å². The van der Waals surface area contributed by atoms with Gasteiger partial charge in [0.05, 0.1) is 4.92 Å². The maximum absolute atomic E-state index is 12.1. The third kappa shape index (κ3) is 3.45. The van der Waals surface area contributed by atoms with Crippen LogP contribution < -0.4 is 11.1 Å². The summed E-state index contributed by atoms with van der Waals surface area (Å²) in [4.78, 5) is 24.4. The number of benzene rings is 1. The number of likely N-dealkylation sites (N-methyl/N-ethyl adjacent to an activating group) is 1. The van der Waals surface area contributed by atoms with Crippen LogP contribution in [0.3, 0.4) is 0 Å². The van der Waals surface area contributed by atoms with Crippen LogP contribution in [0.4, 0.5) is 11.4 Å². The van der Waals surface area contributed by atoms with Crippen LogP contribution in [0.1, 0.15) is 24.2 Å². The monoisotopic (exact) mass is 280 g/mol. The molecule has 0 spiro atoms. The molecule has 7 nitrogen and oxygen atoms in total. The Labute approximate surface area is 117 Å². The summed E-state index contributed by atoms with van der Waals surface area (Å²) in [6.07, 6.45) is 0. The van der Waals surface area contributed by atoms with Gasteiger partial charge in [-0.2, -0.15) is 0 Å². The van der Waals surface area contributed by atoms with E-state index in [-0.39, 0.29) is 22.5 Å². The fourth-order valence-electron chi connectivity index (χ4n) is 1.50. The first kappa shape index (κ1) is 15.9. The van der Waals surface area contributed by atoms with Crippen molar-refractivity contribution < 1.29 is 9.72 Å². The molecule has 110 valence electrons. The first-order valence-electron chi connectivity index (χ1n) is 6.15. The van der Waals surface area contributed by atoms with Crippen molar-refractivity contribution in [2.75, 3.05) is 26.4 Å². The summed E-state index contributed by atoms with van der Waals surface area (Å²) in [7, 11) is 3.80. The second-order valence-electron chi connectivity index (χ2n) is 5.39. The quantitative estimate of drug-likeness (QED) is 0.480. The molecule has 0 heterocycles. The van der Waals surface area contributed by atoms with Crippen LogP contribution in [-0.2, 0) is 0 Å². The Morgan fingerprint density at radius 2 is 2.05 bits per heavy atom. The zero-order chi connectivity index (χ0) is 15.5. The van der Waals surface area contributed by atoms with Gasteiger partial charge >= 0.3 is 5.69 Å². The van der Waals surface area contributed by atoms with Gasteiger partial charge in [-0.1, -0.05) is 6.07 Å². The first-order valence-corrected chi connectivity index (χ1v) is 6.15. The van der Waals surface area contributed by atoms with Crippen molar-refractivity contribution in [1.29, 1.82) is 0 Å². The molecule has 0 saturated carbocycles. The number of carbonyl (C=O) groups excluding carboxylic acids is 1. The number of anilines is 1. The van der Waals surface area contributed by atoms with Crippen molar-refractivity contribution in [3.8, 4) is 0 Å². The van der Waals surface area contributed by atoms with Crippen LogP contribution in [0, 0.1) is 10.1 Å². The number of nitro groups is 1. The van der Waals surface area contributed by atoms with Crippen LogP contribution in [0.5, 0.6) is 0 Å². The molecule has 0 fully saturated rings. The molecule has 1 aromatic rings. The van der Waals surface area contributed by atoms with Crippen LogP contribution in [0.15, 0.2) is 18.2 Å². The number of nitrogens with zero attached hydrogens (tertiary/aromatic N) is 2. The Morgan fingerprint density at radius 3 is 2.55 bits per heavy atom. The molecule has 1 rings (SSSR count). The van der Waals surface area contributed by atoms with Gasteiger partial charge < -0.3 is 16.0 Å². The topological polar surface area (TPSA) is 102 Å². The average molecular weight is 280 g/mol. The van der Waals surface area contributed by atoms with Gasteiger partial charge in [-0.25, -0.2) is 0 Å². The van der Waals surface area contributed by atoms with Crippen LogP contribution in [0.2, 0.25) is 0 Å². The van der Waals surface area contributed by atoms with E-state index in [9.17, 15) is 14.9 Å². The molecule has 0 aliphatic heterocycles. The normalized spacial score (nSPS) is 11.4. The number of nitro benzene ring substituents is 1. The maximum atomic E-state index is 12.1. The van der Waals surface area contributed by atoms with E-state index in [1.54, 1.807) is 0 Å². The maximum Gasteiger partial charge on any atom is 0.304 e. The predicted octanol–water partition coefficient (Wildman–Crippen LogP) is 1.25. The van der Waals surface area contributed by atoms with E-state index in [4.69, 9.17) is 5.73 Å². The van der Waals surface area contributed by atoms with Crippen molar-refractivity contribution in [1.82, 2.24) is 10.2 Å². The van der Waals surface area contributed by atoms with Crippen molar-refractivity contribution in [2.24, 2.45) is 0 Å². The molecule has 20 heavy (non-hydrogen) atoms. The van der Waals surface area contributed by atoms with Crippen LogP contribution in [0.25, 0.3) is 0 Å². The van der Waals surface area contributed by atoms with Gasteiger partial charge in [-0.3, -0.25) is 14.9 Å². The van der Waals surface area contributed by atoms with E-state index < -0.39 is 10.8 Å². The number of nitrogens with one attached hydrogen (secondary N) is 1. The predicted molar refractivity (Wildman–Crippen MR) is 77.6 cm³/mol. The summed E-state index contributed by atoms with van der Waals surface area (Å²) in [5.41, 5.74) is 4.90. The molecule has 0 aliphatic rings. The number of hydrogen-bond donors (Lipinski definition) is 2. The highest BCUT2D eigenvalue weighted by Gasteiger charge is 2.26. The molecular formula is C13H20N4O3. The Bertz CT molecular complexity index is 526. The minimum atomic E-state index is -0.638. The van der Waals surface area contributed by atoms with Gasteiger partial charge in [0.2, 0.25) is 0 Å². The SMILES string of the molecule is CN(C)C(C)(C)CNC(=O)c1cccc(N)c1[N+](=O)[O-]. The number of nitrogen functional groups attached to an aromatic ring is 1. The van der Waals surface area contributed by atoms with Crippen molar-refractivity contribution >= 4 is 17.3 Å². The Kier molecular flexibility index (Phi) is 4.67. The fourth-order valence-corrected chi connectivity index (χ4v) is 1.50. The largest absolute Gasteiger partial charge is 0.393 e. The summed E-state index contributed by atoms with van der Waals surface area (Å²) in [5, 5.41) is 13.7.